The zero-order valence-electron chi connectivity index (χ0n) is 19.5. The molecule has 0 aliphatic heterocycles. The van der Waals surface area contributed by atoms with E-state index in [1.54, 1.807) is 0 Å². The van der Waals surface area contributed by atoms with Crippen LogP contribution in [0.5, 0.6) is 0 Å². The third-order valence-corrected chi connectivity index (χ3v) is 6.91. The molecule has 3 aromatic rings. The molecule has 32 heavy (non-hydrogen) atoms. The van der Waals surface area contributed by atoms with Gasteiger partial charge < -0.3 is 10.2 Å². The maximum Gasteiger partial charge on any atom is 0.0780 e. The summed E-state index contributed by atoms with van der Waals surface area (Å²) in [5.74, 6) is 1.36. The van der Waals surface area contributed by atoms with Crippen molar-refractivity contribution in [3.05, 3.63) is 79.1 Å². The highest BCUT2D eigenvalue weighted by Gasteiger charge is 2.19. The number of nitrogens with zero attached hydrogens (tertiary/aromatic N) is 2. The largest absolute Gasteiger partial charge is 0.390 e. The summed E-state index contributed by atoms with van der Waals surface area (Å²) in [6.07, 6.45) is 10.7. The van der Waals surface area contributed by atoms with Gasteiger partial charge in [-0.2, -0.15) is 0 Å². The molecule has 168 valence electrons. The fourth-order valence-corrected chi connectivity index (χ4v) is 5.14. The fraction of sp³-hybridized carbons (Fsp3) is 0.414. The van der Waals surface area contributed by atoms with E-state index in [1.165, 1.54) is 60.7 Å². The number of fused-ring (bicyclic) bond motifs is 1. The van der Waals surface area contributed by atoms with Gasteiger partial charge in [0.2, 0.25) is 0 Å². The first kappa shape index (κ1) is 22.5. The smallest absolute Gasteiger partial charge is 0.0780 e. The predicted octanol–water partition coefficient (Wildman–Crippen LogP) is 6.62. The molecule has 0 amide bonds. The molecule has 0 spiro atoms. The lowest BCUT2D eigenvalue weighted by Gasteiger charge is -2.31. The van der Waals surface area contributed by atoms with Crippen LogP contribution < -0.4 is 5.32 Å². The highest BCUT2D eigenvalue weighted by molar-refractivity contribution is 5.93. The Balaban J connectivity index is 1.45. The Labute approximate surface area is 193 Å². The molecule has 4 rings (SSSR count). The molecule has 1 aromatic heterocycles. The van der Waals surface area contributed by atoms with E-state index in [-0.39, 0.29) is 0 Å². The van der Waals surface area contributed by atoms with Gasteiger partial charge in [-0.05, 0) is 48.1 Å². The van der Waals surface area contributed by atoms with Crippen LogP contribution in [0.4, 0.5) is 0 Å². The van der Waals surface area contributed by atoms with E-state index < -0.39 is 0 Å². The Hall–Kier alpha value is -2.65. The molecule has 0 bridgehead atoms. The Morgan fingerprint density at radius 1 is 1.06 bits per heavy atom. The second-order valence-corrected chi connectivity index (χ2v) is 9.33. The van der Waals surface area contributed by atoms with Gasteiger partial charge in [0, 0.05) is 43.3 Å². The van der Waals surface area contributed by atoms with Crippen LogP contribution in [-0.4, -0.2) is 36.1 Å². The molecule has 0 radical (unpaired) electrons. The first-order valence-corrected chi connectivity index (χ1v) is 12.3. The first-order valence-electron chi connectivity index (χ1n) is 12.3. The molecule has 0 saturated heterocycles. The van der Waals surface area contributed by atoms with Crippen molar-refractivity contribution in [1.82, 2.24) is 15.2 Å². The summed E-state index contributed by atoms with van der Waals surface area (Å²) >= 11 is 0. The van der Waals surface area contributed by atoms with Gasteiger partial charge in [-0.25, -0.2) is 0 Å². The molecule has 3 nitrogen and oxygen atoms in total. The van der Waals surface area contributed by atoms with E-state index in [2.05, 4.69) is 77.2 Å². The van der Waals surface area contributed by atoms with Crippen molar-refractivity contribution in [3.8, 4) is 11.1 Å². The first-order chi connectivity index (χ1) is 15.7. The molecule has 2 aromatic carbocycles. The van der Waals surface area contributed by atoms with Crippen LogP contribution in [0.3, 0.4) is 0 Å². The van der Waals surface area contributed by atoms with Crippen LogP contribution in [0.15, 0.2) is 73.6 Å². The zero-order valence-corrected chi connectivity index (χ0v) is 19.5. The van der Waals surface area contributed by atoms with Gasteiger partial charge in [-0.3, -0.25) is 4.98 Å². The van der Waals surface area contributed by atoms with Gasteiger partial charge in [0.15, 0.2) is 0 Å². The molecule has 1 N–H and O–H groups in total. The van der Waals surface area contributed by atoms with E-state index in [0.717, 1.165) is 31.1 Å². The Kier molecular flexibility index (Phi) is 7.95. The average molecular weight is 428 g/mol. The van der Waals surface area contributed by atoms with Gasteiger partial charge >= 0.3 is 0 Å². The zero-order chi connectivity index (χ0) is 22.2. The number of nitrogens with one attached hydrogen (secondary N) is 1. The summed E-state index contributed by atoms with van der Waals surface area (Å²) in [5, 5.41) is 4.47. The molecular formula is C29H37N3. The van der Waals surface area contributed by atoms with E-state index in [9.17, 15) is 0 Å². The maximum absolute atomic E-state index is 4.63. The van der Waals surface area contributed by atoms with Crippen LogP contribution in [0.2, 0.25) is 0 Å². The second-order valence-electron chi connectivity index (χ2n) is 9.33. The van der Waals surface area contributed by atoms with Gasteiger partial charge in [0.05, 0.1) is 5.52 Å². The molecule has 1 unspecified atom stereocenters. The topological polar surface area (TPSA) is 28.2 Å². The van der Waals surface area contributed by atoms with Crippen molar-refractivity contribution >= 4 is 10.9 Å². The molecule has 1 heterocycles. The molecule has 1 aliphatic carbocycles. The van der Waals surface area contributed by atoms with E-state index in [0.29, 0.717) is 5.92 Å². The van der Waals surface area contributed by atoms with Crippen molar-refractivity contribution in [1.29, 1.82) is 0 Å². The Morgan fingerprint density at radius 3 is 2.62 bits per heavy atom. The summed E-state index contributed by atoms with van der Waals surface area (Å²) in [6, 6.07) is 19.7. The predicted molar refractivity (Wildman–Crippen MR) is 137 cm³/mol. The third kappa shape index (κ3) is 5.77. The summed E-state index contributed by atoms with van der Waals surface area (Å²) in [5.41, 5.74) is 4.92. The van der Waals surface area contributed by atoms with Gasteiger partial charge in [0.1, 0.15) is 0 Å². The van der Waals surface area contributed by atoms with Crippen molar-refractivity contribution in [2.75, 3.05) is 26.2 Å². The summed E-state index contributed by atoms with van der Waals surface area (Å²) in [4.78, 5) is 7.29. The van der Waals surface area contributed by atoms with Crippen molar-refractivity contribution < 1.29 is 0 Å². The summed E-state index contributed by atoms with van der Waals surface area (Å²) in [7, 11) is 0. The number of pyridine rings is 1. The molecule has 1 fully saturated rings. The molecule has 1 aliphatic rings. The summed E-state index contributed by atoms with van der Waals surface area (Å²) < 4.78 is 0. The number of para-hydroxylation sites is 1. The summed E-state index contributed by atoms with van der Waals surface area (Å²) in [6.45, 7) is 10.5. The number of hydrogen-bond acceptors (Lipinski definition) is 3. The lowest BCUT2D eigenvalue weighted by molar-refractivity contribution is 0.195. The monoisotopic (exact) mass is 427 g/mol. The van der Waals surface area contributed by atoms with E-state index in [4.69, 9.17) is 0 Å². The second kappa shape index (κ2) is 11.3. The van der Waals surface area contributed by atoms with E-state index >= 15 is 0 Å². The van der Waals surface area contributed by atoms with Crippen LogP contribution in [0, 0.1) is 5.92 Å². The standard InChI is InChI=1S/C29H37N3/c1-3-30-19-20-32(22-24-9-5-4-6-10-24)21-23(2)25-14-16-26(17-15-25)28-13-7-11-27-12-8-18-31-29(27)28/h3,7-8,11-18,23-24,30H,1,4-6,9-10,19-22H2,2H3. The third-order valence-electron chi connectivity index (χ3n) is 6.91. The average Bonchev–Trinajstić information content (AvgIpc) is 2.84. The minimum Gasteiger partial charge on any atom is -0.390 e. The highest BCUT2D eigenvalue weighted by atomic mass is 15.1. The number of benzene rings is 2. The quantitative estimate of drug-likeness (QED) is 0.369. The lowest BCUT2D eigenvalue weighted by Crippen LogP contribution is -2.37. The fourth-order valence-electron chi connectivity index (χ4n) is 5.14. The van der Waals surface area contributed by atoms with Gasteiger partial charge in [-0.15, -0.1) is 0 Å². The molecular weight excluding hydrogens is 390 g/mol. The normalized spacial score (nSPS) is 15.7. The van der Waals surface area contributed by atoms with Crippen molar-refractivity contribution in [3.63, 3.8) is 0 Å². The Bertz CT molecular complexity index is 983. The van der Waals surface area contributed by atoms with Crippen LogP contribution in [0.1, 0.15) is 50.5 Å². The van der Waals surface area contributed by atoms with Crippen LogP contribution >= 0.6 is 0 Å². The van der Waals surface area contributed by atoms with Crippen molar-refractivity contribution in [2.24, 2.45) is 5.92 Å². The Morgan fingerprint density at radius 2 is 1.84 bits per heavy atom. The number of rotatable bonds is 10. The maximum atomic E-state index is 4.63. The molecule has 1 atom stereocenters. The molecule has 3 heteroatoms. The molecule has 1 saturated carbocycles. The highest BCUT2D eigenvalue weighted by Crippen LogP contribution is 2.29. The van der Waals surface area contributed by atoms with E-state index in [1.807, 2.05) is 18.5 Å². The van der Waals surface area contributed by atoms with Crippen LogP contribution in [0.25, 0.3) is 22.0 Å². The van der Waals surface area contributed by atoms with Gasteiger partial charge in [0.25, 0.3) is 0 Å². The number of aromatic nitrogens is 1. The van der Waals surface area contributed by atoms with Crippen LogP contribution in [-0.2, 0) is 0 Å². The number of hydrogen-bond donors (Lipinski definition) is 1. The SMILES string of the molecule is C=CNCCN(CC1CCCCC1)CC(C)c1ccc(-c2cccc3cccnc23)cc1. The minimum atomic E-state index is 0.502. The minimum absolute atomic E-state index is 0.502. The van der Waals surface area contributed by atoms with Gasteiger partial charge in [-0.1, -0.05) is 81.3 Å². The van der Waals surface area contributed by atoms with Crippen molar-refractivity contribution in [2.45, 2.75) is 44.9 Å². The lowest BCUT2D eigenvalue weighted by atomic mass is 9.88.